The molecule has 0 aromatic heterocycles. The number of ether oxygens (including phenoxy) is 1. The van der Waals surface area contributed by atoms with Gasteiger partial charge in [-0.1, -0.05) is 12.7 Å². The molecule has 0 atom stereocenters. The van der Waals surface area contributed by atoms with Gasteiger partial charge in [0.05, 0.1) is 7.11 Å². The minimum Gasteiger partial charge on any atom is -0.493 e. The molecule has 0 saturated heterocycles. The maximum absolute atomic E-state index is 12.9. The average Bonchev–Trinajstić information content (AvgIpc) is 2.03. The van der Waals surface area contributed by atoms with Crippen LogP contribution >= 0.6 is 0 Å². The topological polar surface area (TPSA) is 9.23 Å². The number of hydrogen-bond donors (Lipinski definition) is 0. The van der Waals surface area contributed by atoms with Crippen molar-refractivity contribution in [1.82, 2.24) is 0 Å². The molecule has 0 aliphatic rings. The van der Waals surface area contributed by atoms with Crippen molar-refractivity contribution >= 4 is 6.08 Å². The fourth-order valence-electron chi connectivity index (χ4n) is 0.947. The molecule has 3 heteroatoms. The van der Waals surface area contributed by atoms with Gasteiger partial charge in [-0.15, -0.1) is 0 Å². The Kier molecular flexibility index (Phi) is 2.43. The van der Waals surface area contributed by atoms with Gasteiger partial charge in [0, 0.05) is 11.6 Å². The van der Waals surface area contributed by atoms with Crippen LogP contribution in [-0.2, 0) is 0 Å². The molecule has 0 aliphatic carbocycles. The zero-order valence-electron chi connectivity index (χ0n) is 6.60. The molecule has 1 rings (SSSR count). The number of methoxy groups -OCH3 is 1. The van der Waals surface area contributed by atoms with E-state index in [1.807, 2.05) is 0 Å². The summed E-state index contributed by atoms with van der Waals surface area (Å²) in [7, 11) is 1.32. The minimum atomic E-state index is -0.715. The van der Waals surface area contributed by atoms with E-state index < -0.39 is 11.6 Å². The van der Waals surface area contributed by atoms with Crippen LogP contribution in [0.25, 0.3) is 6.08 Å². The van der Waals surface area contributed by atoms with Crippen molar-refractivity contribution in [2.24, 2.45) is 0 Å². The van der Waals surface area contributed by atoms with E-state index >= 15 is 0 Å². The molecule has 64 valence electrons. The first kappa shape index (κ1) is 8.71. The normalized spacial score (nSPS) is 9.58. The van der Waals surface area contributed by atoms with Crippen LogP contribution in [0.5, 0.6) is 5.75 Å². The number of hydrogen-bond acceptors (Lipinski definition) is 1. The van der Waals surface area contributed by atoms with E-state index in [-0.39, 0.29) is 5.75 Å². The maximum atomic E-state index is 12.9. The highest BCUT2D eigenvalue weighted by molar-refractivity contribution is 5.56. The molecule has 0 aliphatic heterocycles. The molecule has 0 radical (unpaired) electrons. The Morgan fingerprint density at radius 1 is 1.42 bits per heavy atom. The van der Waals surface area contributed by atoms with Crippen molar-refractivity contribution in [2.75, 3.05) is 7.11 Å². The van der Waals surface area contributed by atoms with Gasteiger partial charge in [-0.2, -0.15) is 0 Å². The van der Waals surface area contributed by atoms with Gasteiger partial charge in [-0.05, 0) is 6.07 Å². The zero-order valence-corrected chi connectivity index (χ0v) is 6.60. The SMILES string of the molecule is C=Cc1cc(F)cc(F)c1OC. The van der Waals surface area contributed by atoms with Gasteiger partial charge in [0.25, 0.3) is 0 Å². The monoisotopic (exact) mass is 170 g/mol. The molecular formula is C9H8F2O. The average molecular weight is 170 g/mol. The van der Waals surface area contributed by atoms with Crippen LogP contribution in [0.15, 0.2) is 18.7 Å². The van der Waals surface area contributed by atoms with E-state index in [0.29, 0.717) is 5.56 Å². The Hall–Kier alpha value is -1.38. The first-order chi connectivity index (χ1) is 5.69. The molecule has 0 fully saturated rings. The lowest BCUT2D eigenvalue weighted by Crippen LogP contribution is -1.92. The zero-order chi connectivity index (χ0) is 9.14. The van der Waals surface area contributed by atoms with Crippen molar-refractivity contribution in [1.29, 1.82) is 0 Å². The standard InChI is InChI=1S/C9H8F2O/c1-3-6-4-7(10)5-8(11)9(6)12-2/h3-5H,1H2,2H3. The molecule has 0 amide bonds. The van der Waals surface area contributed by atoms with Gasteiger partial charge in [0.1, 0.15) is 5.82 Å². The van der Waals surface area contributed by atoms with Gasteiger partial charge < -0.3 is 4.74 Å². The Morgan fingerprint density at radius 2 is 2.08 bits per heavy atom. The van der Waals surface area contributed by atoms with E-state index in [1.165, 1.54) is 13.2 Å². The molecule has 12 heavy (non-hydrogen) atoms. The Bertz CT molecular complexity index is 308. The van der Waals surface area contributed by atoms with Gasteiger partial charge in [0.15, 0.2) is 11.6 Å². The second kappa shape index (κ2) is 3.34. The smallest absolute Gasteiger partial charge is 0.168 e. The lowest BCUT2D eigenvalue weighted by Gasteiger charge is -2.05. The van der Waals surface area contributed by atoms with Gasteiger partial charge in [0.2, 0.25) is 0 Å². The lowest BCUT2D eigenvalue weighted by atomic mass is 10.2. The molecule has 0 unspecified atom stereocenters. The molecular weight excluding hydrogens is 162 g/mol. The first-order valence-electron chi connectivity index (χ1n) is 3.34. The van der Waals surface area contributed by atoms with Crippen LogP contribution in [0.4, 0.5) is 8.78 Å². The van der Waals surface area contributed by atoms with Gasteiger partial charge in [-0.25, -0.2) is 8.78 Å². The highest BCUT2D eigenvalue weighted by atomic mass is 19.1. The van der Waals surface area contributed by atoms with Crippen molar-refractivity contribution < 1.29 is 13.5 Å². The van der Waals surface area contributed by atoms with Crippen molar-refractivity contribution in [3.8, 4) is 5.75 Å². The molecule has 0 saturated carbocycles. The maximum Gasteiger partial charge on any atom is 0.168 e. The van der Waals surface area contributed by atoms with Crippen molar-refractivity contribution in [3.63, 3.8) is 0 Å². The second-order valence-electron chi connectivity index (χ2n) is 2.21. The van der Waals surface area contributed by atoms with E-state index in [1.54, 1.807) is 0 Å². The second-order valence-corrected chi connectivity index (χ2v) is 2.21. The van der Waals surface area contributed by atoms with E-state index in [2.05, 4.69) is 6.58 Å². The predicted octanol–water partition coefficient (Wildman–Crippen LogP) is 2.62. The van der Waals surface area contributed by atoms with Gasteiger partial charge in [-0.3, -0.25) is 0 Å². The predicted molar refractivity (Wildman–Crippen MR) is 43.0 cm³/mol. The summed E-state index contributed by atoms with van der Waals surface area (Å²) in [5, 5.41) is 0. The molecule has 0 spiro atoms. The quantitative estimate of drug-likeness (QED) is 0.662. The summed E-state index contributed by atoms with van der Waals surface area (Å²) in [6, 6.07) is 1.93. The number of benzene rings is 1. The van der Waals surface area contributed by atoms with Crippen LogP contribution in [-0.4, -0.2) is 7.11 Å². The largest absolute Gasteiger partial charge is 0.493 e. The van der Waals surface area contributed by atoms with E-state index in [0.717, 1.165) is 12.1 Å². The summed E-state index contributed by atoms with van der Waals surface area (Å²) in [5.41, 5.74) is 0.315. The van der Waals surface area contributed by atoms with Crippen LogP contribution in [0.1, 0.15) is 5.56 Å². The van der Waals surface area contributed by atoms with Crippen LogP contribution < -0.4 is 4.74 Å². The summed E-state index contributed by atoms with van der Waals surface area (Å²) >= 11 is 0. The highest BCUT2D eigenvalue weighted by Gasteiger charge is 2.08. The molecule has 1 aromatic carbocycles. The Labute approximate surface area is 69.3 Å². The van der Waals surface area contributed by atoms with E-state index in [9.17, 15) is 8.78 Å². The van der Waals surface area contributed by atoms with Gasteiger partial charge >= 0.3 is 0 Å². The molecule has 0 N–H and O–H groups in total. The fraction of sp³-hybridized carbons (Fsp3) is 0.111. The van der Waals surface area contributed by atoms with Crippen molar-refractivity contribution in [3.05, 3.63) is 35.9 Å². The Morgan fingerprint density at radius 3 is 2.58 bits per heavy atom. The highest BCUT2D eigenvalue weighted by Crippen LogP contribution is 2.24. The number of rotatable bonds is 2. The molecule has 0 heterocycles. The summed E-state index contributed by atoms with van der Waals surface area (Å²) in [5.74, 6) is -1.33. The third kappa shape index (κ3) is 1.44. The fourth-order valence-corrected chi connectivity index (χ4v) is 0.947. The van der Waals surface area contributed by atoms with Crippen molar-refractivity contribution in [2.45, 2.75) is 0 Å². The summed E-state index contributed by atoms with van der Waals surface area (Å²) in [4.78, 5) is 0. The van der Waals surface area contributed by atoms with Crippen LogP contribution in [0.2, 0.25) is 0 Å². The molecule has 1 aromatic rings. The first-order valence-corrected chi connectivity index (χ1v) is 3.34. The minimum absolute atomic E-state index is 0.0198. The summed E-state index contributed by atoms with van der Waals surface area (Å²) in [6.45, 7) is 3.41. The van der Waals surface area contributed by atoms with Crippen LogP contribution in [0, 0.1) is 11.6 Å². The Balaban J connectivity index is 3.33. The molecule has 1 nitrogen and oxygen atoms in total. The van der Waals surface area contributed by atoms with Crippen LogP contribution in [0.3, 0.4) is 0 Å². The summed E-state index contributed by atoms with van der Waals surface area (Å²) in [6.07, 6.45) is 1.34. The lowest BCUT2D eigenvalue weighted by molar-refractivity contribution is 0.383. The third-order valence-electron chi connectivity index (χ3n) is 1.46. The van der Waals surface area contributed by atoms with E-state index in [4.69, 9.17) is 4.74 Å². The summed E-state index contributed by atoms with van der Waals surface area (Å²) < 4.78 is 30.2. The third-order valence-corrected chi connectivity index (χ3v) is 1.46. The molecule has 0 bridgehead atoms. The number of halogens is 2.